The Morgan fingerprint density at radius 1 is 1.06 bits per heavy atom. The number of aliphatic carboxylic acids is 1. The number of hydrogen-bond acceptors (Lipinski definition) is 7. The normalized spacial score (nSPS) is 14.8. The molecule has 4 rings (SSSR count). The molecule has 1 aromatic heterocycles. The van der Waals surface area contributed by atoms with Crippen LogP contribution in [0.5, 0.6) is 5.75 Å². The van der Waals surface area contributed by atoms with Gasteiger partial charge in [-0.15, -0.1) is 11.3 Å². The van der Waals surface area contributed by atoms with Gasteiger partial charge in [0, 0.05) is 36.2 Å². The molecule has 3 aromatic rings. The molecule has 0 spiro atoms. The molecule has 0 bridgehead atoms. The van der Waals surface area contributed by atoms with Crippen LogP contribution < -0.4 is 15.5 Å². The summed E-state index contributed by atoms with van der Waals surface area (Å²) in [4.78, 5) is 37.4. The van der Waals surface area contributed by atoms with Crippen LogP contribution in [0.3, 0.4) is 0 Å². The lowest BCUT2D eigenvalue weighted by Crippen LogP contribution is -2.44. The average Bonchev–Trinajstić information content (AvgIpc) is 3.17. The quantitative estimate of drug-likeness (QED) is 0.325. The first kappa shape index (κ1) is 23.3. The summed E-state index contributed by atoms with van der Waals surface area (Å²) in [6.07, 6.45) is 0.403. The number of benzene rings is 2. The molecule has 0 saturated carbocycles. The van der Waals surface area contributed by atoms with Crippen molar-refractivity contribution in [1.82, 2.24) is 5.32 Å². The smallest absolute Gasteiger partial charge is 0.394 e. The molecule has 34 heavy (non-hydrogen) atoms. The largest absolute Gasteiger partial charge is 0.508 e. The second-order valence-corrected chi connectivity index (χ2v) is 9.04. The highest BCUT2D eigenvalue weighted by atomic mass is 32.1. The van der Waals surface area contributed by atoms with E-state index in [1.54, 1.807) is 12.1 Å². The zero-order valence-electron chi connectivity index (χ0n) is 18.0. The predicted octanol–water partition coefficient (Wildman–Crippen LogP) is 2.90. The number of carboxylic acid groups (broad SMARTS) is 2. The average molecular weight is 482 g/mol. The minimum Gasteiger partial charge on any atom is -0.508 e. The number of anilines is 2. The molecule has 2 aromatic carbocycles. The summed E-state index contributed by atoms with van der Waals surface area (Å²) in [6, 6.07) is 16.7. The second kappa shape index (κ2) is 9.94. The second-order valence-electron chi connectivity index (χ2n) is 7.94. The number of nitrogens with zero attached hydrogens (tertiary/aromatic N) is 1. The van der Waals surface area contributed by atoms with Crippen molar-refractivity contribution in [2.45, 2.75) is 25.6 Å². The van der Waals surface area contributed by atoms with Crippen molar-refractivity contribution in [1.29, 1.82) is 0 Å². The van der Waals surface area contributed by atoms with Crippen LogP contribution in [0.15, 0.2) is 54.6 Å². The van der Waals surface area contributed by atoms with E-state index in [0.717, 1.165) is 27.5 Å². The molecular weight excluding hydrogens is 458 g/mol. The van der Waals surface area contributed by atoms with Gasteiger partial charge in [-0.05, 0) is 41.8 Å². The number of carbonyl (C=O) groups excluding carboxylic acids is 1. The third kappa shape index (κ3) is 5.19. The fraction of sp³-hybridized carbons (Fsp3) is 0.208. The highest BCUT2D eigenvalue weighted by Crippen LogP contribution is 2.37. The number of hydrogen-bond donors (Lipinski definition) is 5. The molecule has 1 aliphatic rings. The van der Waals surface area contributed by atoms with Crippen molar-refractivity contribution in [2.24, 2.45) is 0 Å². The van der Waals surface area contributed by atoms with Gasteiger partial charge < -0.3 is 30.9 Å². The van der Waals surface area contributed by atoms with E-state index in [-0.39, 0.29) is 22.4 Å². The fourth-order valence-corrected chi connectivity index (χ4v) is 5.19. The third-order valence-electron chi connectivity index (χ3n) is 5.60. The van der Waals surface area contributed by atoms with Crippen LogP contribution in [0.2, 0.25) is 0 Å². The number of carbonyl (C=O) groups is 3. The van der Waals surface area contributed by atoms with Gasteiger partial charge in [-0.1, -0.05) is 30.3 Å². The summed E-state index contributed by atoms with van der Waals surface area (Å²) in [6.45, 7) is 1.58. The molecule has 9 nitrogen and oxygen atoms in total. The maximum Gasteiger partial charge on any atom is 0.394 e. The summed E-state index contributed by atoms with van der Waals surface area (Å²) in [7, 11) is 0. The maximum atomic E-state index is 12.0. The number of thiophene rings is 1. The van der Waals surface area contributed by atoms with Crippen molar-refractivity contribution in [3.05, 3.63) is 76.2 Å². The van der Waals surface area contributed by atoms with E-state index in [1.165, 1.54) is 0 Å². The highest BCUT2D eigenvalue weighted by molar-refractivity contribution is 7.17. The van der Waals surface area contributed by atoms with Crippen molar-refractivity contribution in [3.63, 3.8) is 0 Å². The van der Waals surface area contributed by atoms with Gasteiger partial charge in [0.15, 0.2) is 0 Å². The van der Waals surface area contributed by atoms with Gasteiger partial charge in [-0.3, -0.25) is 4.79 Å². The monoisotopic (exact) mass is 481 g/mol. The minimum absolute atomic E-state index is 0.0343. The SMILES string of the molecule is O=C(O)C(=O)Nc1sc2c(c1C(=O)O)CC(CN(Cc1ccccc1)c1ccc(O)cc1)NC2. The fourth-order valence-electron chi connectivity index (χ4n) is 4.02. The summed E-state index contributed by atoms with van der Waals surface area (Å²) in [5, 5.41) is 34.0. The van der Waals surface area contributed by atoms with Crippen LogP contribution in [0.1, 0.15) is 26.4 Å². The molecule has 10 heteroatoms. The van der Waals surface area contributed by atoms with E-state index in [4.69, 9.17) is 5.11 Å². The molecular formula is C24H23N3O6S. The van der Waals surface area contributed by atoms with Crippen LogP contribution in [0, 0.1) is 0 Å². The van der Waals surface area contributed by atoms with E-state index in [9.17, 15) is 24.6 Å². The van der Waals surface area contributed by atoms with Crippen LogP contribution in [0.25, 0.3) is 0 Å². The van der Waals surface area contributed by atoms with Gasteiger partial charge in [0.25, 0.3) is 0 Å². The van der Waals surface area contributed by atoms with E-state index in [0.29, 0.717) is 31.6 Å². The number of aromatic carboxylic acids is 1. The molecule has 1 atom stereocenters. The van der Waals surface area contributed by atoms with Gasteiger partial charge in [-0.25, -0.2) is 9.59 Å². The summed E-state index contributed by atoms with van der Waals surface area (Å²) in [5.41, 5.74) is 2.56. The first-order chi connectivity index (χ1) is 16.3. The molecule has 0 saturated heterocycles. The number of aromatic hydroxyl groups is 1. The number of phenols is 1. The van der Waals surface area contributed by atoms with Crippen LogP contribution in [-0.4, -0.2) is 45.8 Å². The standard InChI is InChI=1S/C24H23N3O6S/c28-17-8-6-16(7-9-17)27(12-14-4-2-1-3-5-14)13-15-10-18-19(11-25-15)34-22(20(18)23(30)31)26-21(29)24(32)33/h1-9,15,25,28H,10-13H2,(H,26,29)(H,30,31)(H,32,33). The molecule has 5 N–H and O–H groups in total. The Bertz CT molecular complexity index is 1210. The highest BCUT2D eigenvalue weighted by Gasteiger charge is 2.31. The van der Waals surface area contributed by atoms with E-state index >= 15 is 0 Å². The molecule has 0 radical (unpaired) electrons. The number of rotatable bonds is 7. The van der Waals surface area contributed by atoms with Gasteiger partial charge >= 0.3 is 17.8 Å². The first-order valence-electron chi connectivity index (χ1n) is 10.5. The lowest BCUT2D eigenvalue weighted by atomic mass is 9.97. The van der Waals surface area contributed by atoms with Crippen LogP contribution >= 0.6 is 11.3 Å². The number of amides is 1. The molecule has 176 valence electrons. The first-order valence-corrected chi connectivity index (χ1v) is 11.4. The van der Waals surface area contributed by atoms with Gasteiger partial charge in [0.1, 0.15) is 10.8 Å². The lowest BCUT2D eigenvalue weighted by molar-refractivity contribution is -0.147. The van der Waals surface area contributed by atoms with Gasteiger partial charge in [0.05, 0.1) is 5.56 Å². The van der Waals surface area contributed by atoms with Crippen molar-refractivity contribution in [3.8, 4) is 5.75 Å². The van der Waals surface area contributed by atoms with E-state index in [1.807, 2.05) is 42.5 Å². The van der Waals surface area contributed by atoms with Crippen molar-refractivity contribution >= 4 is 39.9 Å². The maximum absolute atomic E-state index is 12.0. The summed E-state index contributed by atoms with van der Waals surface area (Å²) < 4.78 is 0. The minimum atomic E-state index is -1.68. The van der Waals surface area contributed by atoms with Crippen LogP contribution in [-0.2, 0) is 29.1 Å². The Labute approximate surface area is 199 Å². The summed E-state index contributed by atoms with van der Waals surface area (Å²) in [5.74, 6) is -3.99. The zero-order chi connectivity index (χ0) is 24.2. The topological polar surface area (TPSA) is 139 Å². The van der Waals surface area contributed by atoms with Gasteiger partial charge in [0.2, 0.25) is 0 Å². The molecule has 2 heterocycles. The van der Waals surface area contributed by atoms with Gasteiger partial charge in [-0.2, -0.15) is 0 Å². The molecule has 0 aliphatic carbocycles. The Balaban J connectivity index is 1.58. The Kier molecular flexibility index (Phi) is 6.80. The Morgan fingerprint density at radius 3 is 2.41 bits per heavy atom. The van der Waals surface area contributed by atoms with Crippen molar-refractivity contribution in [2.75, 3.05) is 16.8 Å². The summed E-state index contributed by atoms with van der Waals surface area (Å²) >= 11 is 1.08. The third-order valence-corrected chi connectivity index (χ3v) is 6.75. The predicted molar refractivity (Wildman–Crippen MR) is 127 cm³/mol. The molecule has 1 aliphatic heterocycles. The number of nitrogens with one attached hydrogen (secondary N) is 2. The number of fused-ring (bicyclic) bond motifs is 1. The number of phenolic OH excluding ortho intramolecular Hbond substituents is 1. The van der Waals surface area contributed by atoms with E-state index in [2.05, 4.69) is 15.5 Å². The Morgan fingerprint density at radius 2 is 1.76 bits per heavy atom. The number of carboxylic acids is 2. The van der Waals surface area contributed by atoms with E-state index < -0.39 is 17.8 Å². The zero-order valence-corrected chi connectivity index (χ0v) is 18.8. The Hall–Kier alpha value is -3.89. The molecule has 0 fully saturated rings. The van der Waals surface area contributed by atoms with Crippen LogP contribution in [0.4, 0.5) is 10.7 Å². The lowest BCUT2D eigenvalue weighted by Gasteiger charge is -2.32. The van der Waals surface area contributed by atoms with Crippen molar-refractivity contribution < 1.29 is 29.7 Å². The molecule has 1 amide bonds. The molecule has 1 unspecified atom stereocenters.